The maximum Gasteiger partial charge on any atom is 0.432 e. The van der Waals surface area contributed by atoms with Crippen molar-refractivity contribution in [3.05, 3.63) is 48.0 Å². The second-order valence-corrected chi connectivity index (χ2v) is 8.49. The van der Waals surface area contributed by atoms with Crippen LogP contribution in [0.5, 0.6) is 11.8 Å². The normalized spacial score (nSPS) is 13.1. The molecule has 13 heteroatoms. The third-order valence-corrected chi connectivity index (χ3v) is 5.02. The first-order valence-electron chi connectivity index (χ1n) is 11.5. The van der Waals surface area contributed by atoms with E-state index in [1.54, 1.807) is 20.8 Å². The smallest absolute Gasteiger partial charge is 0.432 e. The van der Waals surface area contributed by atoms with Gasteiger partial charge in [-0.15, -0.1) is 4.73 Å². The number of rotatable bonds is 11. The molecule has 0 aliphatic rings. The van der Waals surface area contributed by atoms with Crippen molar-refractivity contribution in [3.63, 3.8) is 0 Å². The first-order chi connectivity index (χ1) is 17.1. The zero-order valence-electron chi connectivity index (χ0n) is 20.6. The number of benzene rings is 1. The lowest BCUT2D eigenvalue weighted by Gasteiger charge is -2.30. The first kappa shape index (κ1) is 28.1. The van der Waals surface area contributed by atoms with Crippen molar-refractivity contribution in [2.45, 2.75) is 45.4 Å². The topological polar surface area (TPSA) is 183 Å². The van der Waals surface area contributed by atoms with Crippen LogP contribution < -0.4 is 31.8 Å². The molecule has 1 heterocycles. The van der Waals surface area contributed by atoms with Gasteiger partial charge in [0.1, 0.15) is 0 Å². The van der Waals surface area contributed by atoms with Crippen LogP contribution in [0.3, 0.4) is 0 Å². The molecule has 0 fully saturated rings. The second-order valence-electron chi connectivity index (χ2n) is 8.49. The number of hydrogen-bond donors (Lipinski definition) is 7. The zero-order chi connectivity index (χ0) is 26.7. The van der Waals surface area contributed by atoms with Crippen LogP contribution in [0.25, 0.3) is 0 Å². The summed E-state index contributed by atoms with van der Waals surface area (Å²) in [6.45, 7) is 6.05. The van der Waals surface area contributed by atoms with Gasteiger partial charge in [0.05, 0.1) is 0 Å². The molecule has 2 aromatic rings. The van der Waals surface area contributed by atoms with Crippen LogP contribution in [0.1, 0.15) is 26.3 Å². The highest BCUT2D eigenvalue weighted by Crippen LogP contribution is 2.18. The van der Waals surface area contributed by atoms with E-state index >= 15 is 0 Å². The number of aromatic hydroxyl groups is 2. The predicted octanol–water partition coefficient (Wildman–Crippen LogP) is 0.673. The number of amides is 5. The van der Waals surface area contributed by atoms with Crippen molar-refractivity contribution in [1.82, 2.24) is 30.9 Å². The summed E-state index contributed by atoms with van der Waals surface area (Å²) in [6.07, 6.45) is -0.931. The molecule has 8 N–H and O–H groups in total. The van der Waals surface area contributed by atoms with Gasteiger partial charge in [-0.3, -0.25) is 0 Å². The van der Waals surface area contributed by atoms with E-state index in [1.807, 2.05) is 30.3 Å². The lowest BCUT2D eigenvalue weighted by molar-refractivity contribution is 0.105. The highest BCUT2D eigenvalue weighted by molar-refractivity contribution is 5.76. The molecule has 2 rings (SSSR count). The largest absolute Gasteiger partial charge is 0.492 e. The van der Waals surface area contributed by atoms with Crippen molar-refractivity contribution < 1.29 is 29.4 Å². The van der Waals surface area contributed by atoms with Gasteiger partial charge in [-0.2, -0.15) is 0 Å². The van der Waals surface area contributed by atoms with E-state index in [2.05, 4.69) is 21.3 Å². The Hall–Kier alpha value is -4.13. The summed E-state index contributed by atoms with van der Waals surface area (Å²) < 4.78 is 0.563. The molecule has 0 bridgehead atoms. The van der Waals surface area contributed by atoms with E-state index in [0.717, 1.165) is 17.7 Å². The maximum absolute atomic E-state index is 13.0. The van der Waals surface area contributed by atoms with Gasteiger partial charge < -0.3 is 47.0 Å². The van der Waals surface area contributed by atoms with Gasteiger partial charge in [0.15, 0.2) is 0 Å². The molecule has 198 valence electrons. The lowest BCUT2D eigenvalue weighted by Crippen LogP contribution is -2.52. The van der Waals surface area contributed by atoms with Crippen molar-refractivity contribution >= 4 is 18.2 Å². The molecule has 13 nitrogen and oxygen atoms in total. The van der Waals surface area contributed by atoms with E-state index in [0.29, 0.717) is 11.3 Å². The lowest BCUT2D eigenvalue weighted by atomic mass is 10.2. The van der Waals surface area contributed by atoms with Crippen LogP contribution in [-0.4, -0.2) is 75.8 Å². The van der Waals surface area contributed by atoms with Crippen molar-refractivity contribution in [3.8, 4) is 11.8 Å². The van der Waals surface area contributed by atoms with Crippen LogP contribution in [0.2, 0.25) is 0 Å². The molecule has 5 amide bonds. The number of nitrogens with zero attached hydrogens (tertiary/aromatic N) is 2. The fraction of sp³-hybridized carbons (Fsp3) is 0.435. The summed E-state index contributed by atoms with van der Waals surface area (Å²) >= 11 is 0. The van der Waals surface area contributed by atoms with Crippen LogP contribution in [0.15, 0.2) is 42.5 Å². The molecule has 0 aliphatic carbocycles. The molecule has 0 unspecified atom stereocenters. The Morgan fingerprint density at radius 2 is 1.58 bits per heavy atom. The van der Waals surface area contributed by atoms with Crippen LogP contribution in [-0.2, 0) is 6.54 Å². The van der Waals surface area contributed by atoms with Crippen LogP contribution in [0.4, 0.5) is 14.4 Å². The quantitative estimate of drug-likeness (QED) is 0.234. The SMILES string of the molecule is C[C@H](N)CNC(=O)N[C@H](C)CNC(=O)N(Cc1ccccc1)[C@@H](C)CNC(=O)On1c(O)ccc1O. The molecule has 0 saturated heterocycles. The Balaban J connectivity index is 1.95. The van der Waals surface area contributed by atoms with Crippen LogP contribution >= 0.6 is 0 Å². The molecule has 0 spiro atoms. The highest BCUT2D eigenvalue weighted by Gasteiger charge is 2.22. The van der Waals surface area contributed by atoms with Gasteiger partial charge in [-0.1, -0.05) is 30.3 Å². The number of nitrogens with two attached hydrogens (primary N) is 1. The van der Waals surface area contributed by atoms with Gasteiger partial charge in [0.2, 0.25) is 11.8 Å². The standard InChI is InChI=1S/C23H35N7O6/c1-15(24)11-25-21(33)28-16(2)12-26-22(34)29(14-18-7-5-4-6-8-18)17(3)13-27-23(35)36-30-19(31)9-10-20(30)32/h4-10,15-17,31-32H,11-14,24H2,1-3H3,(H,26,34)(H,27,35)(H2,25,28,33)/t15-,16+,17-/m0/s1. The molecule has 36 heavy (non-hydrogen) atoms. The highest BCUT2D eigenvalue weighted by atomic mass is 16.7. The molecule has 1 aromatic carbocycles. The third-order valence-electron chi connectivity index (χ3n) is 5.02. The number of nitrogens with one attached hydrogen (secondary N) is 4. The summed E-state index contributed by atoms with van der Waals surface area (Å²) in [6, 6.07) is 9.87. The molecule has 0 saturated carbocycles. The number of urea groups is 2. The number of hydrogen-bond acceptors (Lipinski definition) is 7. The van der Waals surface area contributed by atoms with Gasteiger partial charge in [0.25, 0.3) is 0 Å². The van der Waals surface area contributed by atoms with E-state index < -0.39 is 29.9 Å². The summed E-state index contributed by atoms with van der Waals surface area (Å²) in [4.78, 5) is 43.5. The summed E-state index contributed by atoms with van der Waals surface area (Å²) in [7, 11) is 0. The second kappa shape index (κ2) is 13.7. The van der Waals surface area contributed by atoms with Crippen molar-refractivity contribution in [2.75, 3.05) is 19.6 Å². The van der Waals surface area contributed by atoms with E-state index in [4.69, 9.17) is 10.6 Å². The molecular weight excluding hydrogens is 470 g/mol. The van der Waals surface area contributed by atoms with Gasteiger partial charge >= 0.3 is 18.2 Å². The van der Waals surface area contributed by atoms with E-state index in [9.17, 15) is 24.6 Å². The predicted molar refractivity (Wildman–Crippen MR) is 132 cm³/mol. The Morgan fingerprint density at radius 1 is 0.944 bits per heavy atom. The van der Waals surface area contributed by atoms with Gasteiger partial charge in [-0.25, -0.2) is 14.4 Å². The number of carbonyl (C=O) groups excluding carboxylic acids is 3. The fourth-order valence-corrected chi connectivity index (χ4v) is 3.08. The average Bonchev–Trinajstić information content (AvgIpc) is 3.15. The minimum absolute atomic E-state index is 0.0232. The molecular formula is C23H35N7O6. The molecule has 0 aliphatic heterocycles. The Kier molecular flexibility index (Phi) is 10.7. The third kappa shape index (κ3) is 9.25. The molecule has 3 atom stereocenters. The Bertz CT molecular complexity index is 979. The minimum atomic E-state index is -0.931. The van der Waals surface area contributed by atoms with Gasteiger partial charge in [-0.05, 0) is 26.3 Å². The van der Waals surface area contributed by atoms with Crippen LogP contribution in [0, 0.1) is 0 Å². The number of carbonyl (C=O) groups is 3. The Morgan fingerprint density at radius 3 is 2.19 bits per heavy atom. The fourth-order valence-electron chi connectivity index (χ4n) is 3.08. The summed E-state index contributed by atoms with van der Waals surface area (Å²) in [5.41, 5.74) is 6.50. The van der Waals surface area contributed by atoms with E-state index in [1.165, 1.54) is 4.90 Å². The van der Waals surface area contributed by atoms with Gasteiger partial charge in [0, 0.05) is 56.4 Å². The zero-order valence-corrected chi connectivity index (χ0v) is 20.6. The average molecular weight is 506 g/mol. The molecule has 1 aromatic heterocycles. The monoisotopic (exact) mass is 505 g/mol. The summed E-state index contributed by atoms with van der Waals surface area (Å²) in [5.74, 6) is -0.899. The van der Waals surface area contributed by atoms with Crippen molar-refractivity contribution in [1.29, 1.82) is 0 Å². The molecule has 0 radical (unpaired) electrons. The number of aromatic nitrogens is 1. The van der Waals surface area contributed by atoms with E-state index in [-0.39, 0.29) is 37.7 Å². The summed E-state index contributed by atoms with van der Waals surface area (Å²) in [5, 5.41) is 29.9. The van der Waals surface area contributed by atoms with Crippen molar-refractivity contribution in [2.24, 2.45) is 5.73 Å². The maximum atomic E-state index is 13.0. The minimum Gasteiger partial charge on any atom is -0.492 e. The Labute approximate surface area is 209 Å². The first-order valence-corrected chi connectivity index (χ1v) is 11.5.